The van der Waals surface area contributed by atoms with Gasteiger partial charge >= 0.3 is 23.9 Å². The van der Waals surface area contributed by atoms with Crippen LogP contribution in [0.25, 0.3) is 6.08 Å². The summed E-state index contributed by atoms with van der Waals surface area (Å²) >= 11 is 0. The Labute approximate surface area is 327 Å². The third-order valence-corrected chi connectivity index (χ3v) is 7.18. The molecule has 0 radical (unpaired) electrons. The SMILES string of the molecule is C=CC(=O)OC#Cc1c(C#Cc2ccc(C(=O)C=Cc3ccc(OC(=O)C=C)cc3)cc2)c(F)c(OC)c(C#Cc2ccc(OC(=O)C=C)cc2)c1OC(=O)C=C. The van der Waals surface area contributed by atoms with Crippen molar-refractivity contribution >= 4 is 35.7 Å². The van der Waals surface area contributed by atoms with Crippen molar-refractivity contribution < 1.29 is 52.0 Å². The van der Waals surface area contributed by atoms with E-state index in [2.05, 4.69) is 62.0 Å². The fourth-order valence-electron chi connectivity index (χ4n) is 4.45. The first-order valence-corrected chi connectivity index (χ1v) is 16.4. The van der Waals surface area contributed by atoms with Crippen molar-refractivity contribution in [3.63, 3.8) is 0 Å². The molecular weight excluding hydrogens is 731 g/mol. The lowest BCUT2D eigenvalue weighted by Gasteiger charge is -2.15. The second-order valence-electron chi connectivity index (χ2n) is 10.9. The molecule has 0 aromatic heterocycles. The smallest absolute Gasteiger partial charge is 0.344 e. The molecule has 0 bridgehead atoms. The number of benzene rings is 4. The molecule has 10 nitrogen and oxygen atoms in total. The fraction of sp³-hybridized carbons (Fsp3) is 0.0217. The molecule has 0 saturated carbocycles. The van der Waals surface area contributed by atoms with Gasteiger partial charge < -0.3 is 23.7 Å². The second kappa shape index (κ2) is 20.1. The monoisotopic (exact) mass is 760 g/mol. The van der Waals surface area contributed by atoms with E-state index in [1.54, 1.807) is 30.3 Å². The Kier molecular flexibility index (Phi) is 14.6. The van der Waals surface area contributed by atoms with E-state index in [-0.39, 0.29) is 28.4 Å². The number of hydrogen-bond acceptors (Lipinski definition) is 10. The summed E-state index contributed by atoms with van der Waals surface area (Å²) in [5.74, 6) is 8.73. The highest BCUT2D eigenvalue weighted by molar-refractivity contribution is 6.06. The predicted molar refractivity (Wildman–Crippen MR) is 208 cm³/mol. The summed E-state index contributed by atoms with van der Waals surface area (Å²) in [4.78, 5) is 60.2. The van der Waals surface area contributed by atoms with Gasteiger partial charge in [0.2, 0.25) is 0 Å². The summed E-state index contributed by atoms with van der Waals surface area (Å²) in [6.45, 7) is 13.4. The normalized spacial score (nSPS) is 9.72. The molecule has 0 atom stereocenters. The van der Waals surface area contributed by atoms with E-state index in [0.29, 0.717) is 28.0 Å². The predicted octanol–water partition coefficient (Wildman–Crippen LogP) is 6.84. The number of halogens is 1. The molecule has 0 fully saturated rings. The number of ketones is 1. The Morgan fingerprint density at radius 1 is 0.561 bits per heavy atom. The van der Waals surface area contributed by atoms with Crippen LogP contribution in [0.1, 0.15) is 43.7 Å². The summed E-state index contributed by atoms with van der Waals surface area (Å²) < 4.78 is 42.2. The third-order valence-electron chi connectivity index (χ3n) is 7.18. The van der Waals surface area contributed by atoms with Gasteiger partial charge in [-0.1, -0.05) is 68.2 Å². The van der Waals surface area contributed by atoms with Gasteiger partial charge in [-0.25, -0.2) is 23.6 Å². The molecular formula is C46H29FO10. The Morgan fingerprint density at radius 3 is 1.58 bits per heavy atom. The maximum absolute atomic E-state index is 16.4. The van der Waals surface area contributed by atoms with Crippen molar-refractivity contribution in [3.8, 4) is 58.7 Å². The average molecular weight is 761 g/mol. The van der Waals surface area contributed by atoms with E-state index < -0.39 is 41.0 Å². The van der Waals surface area contributed by atoms with Gasteiger partial charge in [0.05, 0.1) is 18.2 Å². The van der Waals surface area contributed by atoms with Crippen LogP contribution in [0.3, 0.4) is 0 Å². The van der Waals surface area contributed by atoms with E-state index in [9.17, 15) is 24.0 Å². The molecule has 0 heterocycles. The average Bonchev–Trinajstić information content (AvgIpc) is 3.23. The van der Waals surface area contributed by atoms with Gasteiger partial charge in [0.15, 0.2) is 23.1 Å². The number of hydrogen-bond donors (Lipinski definition) is 0. The molecule has 0 aliphatic carbocycles. The molecule has 57 heavy (non-hydrogen) atoms. The van der Waals surface area contributed by atoms with Crippen molar-refractivity contribution in [3.05, 3.63) is 174 Å². The summed E-state index contributed by atoms with van der Waals surface area (Å²) in [6.07, 6.45) is 8.86. The van der Waals surface area contributed by atoms with Gasteiger partial charge in [-0.3, -0.25) is 4.79 Å². The lowest BCUT2D eigenvalue weighted by molar-refractivity contribution is -0.131. The number of allylic oxidation sites excluding steroid dienone is 1. The van der Waals surface area contributed by atoms with Gasteiger partial charge in [-0.15, -0.1) is 0 Å². The molecule has 0 aliphatic rings. The van der Waals surface area contributed by atoms with Crippen LogP contribution in [-0.2, 0) is 23.9 Å². The van der Waals surface area contributed by atoms with Crippen LogP contribution in [0, 0.1) is 41.5 Å². The Morgan fingerprint density at radius 2 is 1.05 bits per heavy atom. The number of rotatable bonds is 11. The largest absolute Gasteiger partial charge is 0.492 e. The van der Waals surface area contributed by atoms with Gasteiger partial charge in [-0.2, -0.15) is 0 Å². The quantitative estimate of drug-likeness (QED) is 0.0527. The fourth-order valence-corrected chi connectivity index (χ4v) is 4.45. The molecule has 4 aromatic carbocycles. The van der Waals surface area contributed by atoms with Crippen molar-refractivity contribution in [2.45, 2.75) is 0 Å². The van der Waals surface area contributed by atoms with Crippen molar-refractivity contribution in [2.75, 3.05) is 7.11 Å². The molecule has 280 valence electrons. The molecule has 4 rings (SSSR count). The van der Waals surface area contributed by atoms with Crippen LogP contribution in [-0.4, -0.2) is 36.8 Å². The summed E-state index contributed by atoms with van der Waals surface area (Å²) in [6, 6.07) is 18.6. The molecule has 0 saturated heterocycles. The lowest BCUT2D eigenvalue weighted by Crippen LogP contribution is -2.10. The molecule has 0 spiro atoms. The van der Waals surface area contributed by atoms with Crippen molar-refractivity contribution in [1.82, 2.24) is 0 Å². The van der Waals surface area contributed by atoms with E-state index in [1.807, 2.05) is 0 Å². The third kappa shape index (κ3) is 11.5. The van der Waals surface area contributed by atoms with Crippen molar-refractivity contribution in [1.29, 1.82) is 0 Å². The number of carbonyl (C=O) groups is 5. The minimum atomic E-state index is -1.04. The summed E-state index contributed by atoms with van der Waals surface area (Å²) in [5.41, 5.74) is 0.753. The summed E-state index contributed by atoms with van der Waals surface area (Å²) in [5, 5.41) is 0. The molecule has 0 aliphatic heterocycles. The van der Waals surface area contributed by atoms with Crippen LogP contribution in [0.5, 0.6) is 23.0 Å². The Bertz CT molecular complexity index is 2510. The van der Waals surface area contributed by atoms with Gasteiger partial charge in [0.1, 0.15) is 23.2 Å². The van der Waals surface area contributed by atoms with Crippen LogP contribution >= 0.6 is 0 Å². The zero-order valence-electron chi connectivity index (χ0n) is 30.2. The molecule has 0 amide bonds. The number of carbonyl (C=O) groups excluding carboxylic acids is 5. The maximum atomic E-state index is 16.4. The Balaban J connectivity index is 1.75. The highest BCUT2D eigenvalue weighted by atomic mass is 19.1. The van der Waals surface area contributed by atoms with E-state index in [1.165, 1.54) is 61.7 Å². The first-order chi connectivity index (χ1) is 27.5. The second-order valence-corrected chi connectivity index (χ2v) is 10.9. The van der Waals surface area contributed by atoms with E-state index in [4.69, 9.17) is 23.7 Å². The number of methoxy groups -OCH3 is 1. The zero-order valence-corrected chi connectivity index (χ0v) is 30.2. The van der Waals surface area contributed by atoms with Crippen molar-refractivity contribution in [2.24, 2.45) is 0 Å². The first kappa shape index (κ1) is 41.3. The standard InChI is InChI=1S/C46H29FO10/c1-6-40(49)54-29-28-37-36(25-16-30-10-19-33(20-11-30)39(48)27-18-32-14-23-35(24-15-32)56-42(51)8-3)44(47)46(53-5)38(45(37)57-43(52)9-4)26-17-31-12-21-34(22-13-31)55-41(50)7-2/h6-15,18-24,27H,1-4H2,5H3. The molecule has 4 aromatic rings. The topological polar surface area (TPSA) is 132 Å². The number of ether oxygens (including phenoxy) is 5. The molecule has 11 heteroatoms. The highest BCUT2D eigenvalue weighted by Gasteiger charge is 2.26. The molecule has 0 unspecified atom stereocenters. The van der Waals surface area contributed by atoms with Gasteiger partial charge in [0, 0.05) is 41.0 Å². The molecule has 0 N–H and O–H groups in total. The minimum absolute atomic E-state index is 0.219. The summed E-state index contributed by atoms with van der Waals surface area (Å²) in [7, 11) is 1.17. The zero-order chi connectivity index (χ0) is 41.3. The van der Waals surface area contributed by atoms with Crippen LogP contribution < -0.4 is 18.9 Å². The van der Waals surface area contributed by atoms with Crippen LogP contribution in [0.2, 0.25) is 0 Å². The first-order valence-electron chi connectivity index (χ1n) is 16.4. The van der Waals surface area contributed by atoms with Gasteiger partial charge in [-0.05, 0) is 78.2 Å². The maximum Gasteiger partial charge on any atom is 0.344 e. The highest BCUT2D eigenvalue weighted by Crippen LogP contribution is 2.38. The van der Waals surface area contributed by atoms with Crippen LogP contribution in [0.4, 0.5) is 4.39 Å². The lowest BCUT2D eigenvalue weighted by atomic mass is 9.99. The van der Waals surface area contributed by atoms with Gasteiger partial charge in [0.25, 0.3) is 0 Å². The number of esters is 4. The van der Waals surface area contributed by atoms with E-state index >= 15 is 4.39 Å². The minimum Gasteiger partial charge on any atom is -0.492 e. The van der Waals surface area contributed by atoms with Crippen LogP contribution in [0.15, 0.2) is 129 Å². The van der Waals surface area contributed by atoms with E-state index in [0.717, 1.165) is 24.3 Å². The Hall–Kier alpha value is -8.46.